The summed E-state index contributed by atoms with van der Waals surface area (Å²) in [7, 11) is -2.21. The summed E-state index contributed by atoms with van der Waals surface area (Å²) >= 11 is 5.55. The Morgan fingerprint density at radius 2 is 2.17 bits per heavy atom. The zero-order valence-corrected chi connectivity index (χ0v) is 11.7. The van der Waals surface area contributed by atoms with E-state index in [0.29, 0.717) is 5.75 Å². The molecule has 1 aromatic carbocycles. The predicted octanol–water partition coefficient (Wildman–Crippen LogP) is 2.45. The molecule has 102 valence electrons. The Bertz CT molecular complexity index is 507. The monoisotopic (exact) mass is 295 g/mol. The van der Waals surface area contributed by atoms with Gasteiger partial charge in [0.1, 0.15) is 11.6 Å². The van der Waals surface area contributed by atoms with E-state index in [1.165, 1.54) is 19.2 Å². The van der Waals surface area contributed by atoms with E-state index < -0.39 is 15.8 Å². The minimum absolute atomic E-state index is 0.129. The molecule has 4 nitrogen and oxygen atoms in total. The van der Waals surface area contributed by atoms with Gasteiger partial charge in [0.2, 0.25) is 10.0 Å². The summed E-state index contributed by atoms with van der Waals surface area (Å²) in [5, 5.41) is 0. The minimum atomic E-state index is -3.62. The average molecular weight is 296 g/mol. The average Bonchev–Trinajstić information content (AvgIpc) is 2.31. The van der Waals surface area contributed by atoms with E-state index in [9.17, 15) is 12.8 Å². The van der Waals surface area contributed by atoms with Gasteiger partial charge in [-0.3, -0.25) is 4.72 Å². The van der Waals surface area contributed by atoms with Crippen molar-refractivity contribution in [3.05, 3.63) is 24.0 Å². The van der Waals surface area contributed by atoms with Crippen molar-refractivity contribution in [2.45, 2.75) is 6.92 Å². The number of nitrogens with one attached hydrogen (secondary N) is 1. The SMILES string of the molecule is COc1ccc(F)c(NS(=O)(=O)CC(C)CCl)c1. The third-order valence-corrected chi connectivity index (χ3v) is 4.27. The molecule has 0 aliphatic carbocycles. The number of anilines is 1. The van der Waals surface area contributed by atoms with Crippen LogP contribution in [0.2, 0.25) is 0 Å². The van der Waals surface area contributed by atoms with Gasteiger partial charge in [0.15, 0.2) is 0 Å². The molecule has 0 aliphatic rings. The molecule has 0 aliphatic heterocycles. The highest BCUT2D eigenvalue weighted by Crippen LogP contribution is 2.22. The molecule has 0 aromatic heterocycles. The quantitative estimate of drug-likeness (QED) is 0.820. The summed E-state index contributed by atoms with van der Waals surface area (Å²) in [5.41, 5.74) is -0.129. The van der Waals surface area contributed by atoms with Crippen molar-refractivity contribution in [1.29, 1.82) is 0 Å². The third kappa shape index (κ3) is 4.34. The third-order valence-electron chi connectivity index (χ3n) is 2.21. The van der Waals surface area contributed by atoms with Crippen molar-refractivity contribution in [3.63, 3.8) is 0 Å². The van der Waals surface area contributed by atoms with E-state index in [1.54, 1.807) is 6.92 Å². The van der Waals surface area contributed by atoms with Crippen molar-refractivity contribution in [1.82, 2.24) is 0 Å². The maximum atomic E-state index is 13.4. The lowest BCUT2D eigenvalue weighted by Gasteiger charge is -2.12. The Labute approximate surface area is 111 Å². The Kier molecular flexibility index (Phi) is 5.22. The largest absolute Gasteiger partial charge is 0.497 e. The number of alkyl halides is 1. The summed E-state index contributed by atoms with van der Waals surface area (Å²) in [4.78, 5) is 0. The van der Waals surface area contributed by atoms with Crippen LogP contribution in [0.15, 0.2) is 18.2 Å². The van der Waals surface area contributed by atoms with Crippen LogP contribution in [0.25, 0.3) is 0 Å². The summed E-state index contributed by atoms with van der Waals surface area (Å²) in [6.07, 6.45) is 0. The second kappa shape index (κ2) is 6.24. The molecule has 0 heterocycles. The van der Waals surface area contributed by atoms with E-state index in [1.807, 2.05) is 0 Å². The molecule has 1 aromatic rings. The number of sulfonamides is 1. The van der Waals surface area contributed by atoms with Gasteiger partial charge in [-0.05, 0) is 18.1 Å². The predicted molar refractivity (Wildman–Crippen MR) is 70.2 cm³/mol. The molecule has 0 fully saturated rings. The van der Waals surface area contributed by atoms with Gasteiger partial charge in [-0.2, -0.15) is 0 Å². The Morgan fingerprint density at radius 3 is 2.72 bits per heavy atom. The highest BCUT2D eigenvalue weighted by Gasteiger charge is 2.17. The number of methoxy groups -OCH3 is 1. The summed E-state index contributed by atoms with van der Waals surface area (Å²) in [5.74, 6) is -0.426. The van der Waals surface area contributed by atoms with Crippen LogP contribution in [0.1, 0.15) is 6.92 Å². The molecule has 7 heteroatoms. The lowest BCUT2D eigenvalue weighted by Crippen LogP contribution is -2.22. The van der Waals surface area contributed by atoms with Gasteiger partial charge < -0.3 is 4.74 Å². The van der Waals surface area contributed by atoms with Crippen LogP contribution in [-0.2, 0) is 10.0 Å². The van der Waals surface area contributed by atoms with Gasteiger partial charge in [0.25, 0.3) is 0 Å². The molecule has 1 unspecified atom stereocenters. The number of rotatable bonds is 6. The van der Waals surface area contributed by atoms with Crippen molar-refractivity contribution in [2.24, 2.45) is 5.92 Å². The second-order valence-corrected chi connectivity index (χ2v) is 6.06. The molecular weight excluding hydrogens is 281 g/mol. The number of hydrogen-bond donors (Lipinski definition) is 1. The first-order chi connectivity index (χ1) is 8.38. The number of halogens is 2. The smallest absolute Gasteiger partial charge is 0.233 e. The van der Waals surface area contributed by atoms with Gasteiger partial charge in [-0.15, -0.1) is 11.6 Å². The van der Waals surface area contributed by atoms with Gasteiger partial charge in [0.05, 0.1) is 18.6 Å². The van der Waals surface area contributed by atoms with Crippen LogP contribution in [-0.4, -0.2) is 27.2 Å². The summed E-state index contributed by atoms with van der Waals surface area (Å²) < 4.78 is 44.0. The van der Waals surface area contributed by atoms with Gasteiger partial charge >= 0.3 is 0 Å². The molecule has 1 N–H and O–H groups in total. The van der Waals surface area contributed by atoms with Crippen LogP contribution >= 0.6 is 11.6 Å². The van der Waals surface area contributed by atoms with Crippen molar-refractivity contribution in [2.75, 3.05) is 23.5 Å². The molecule has 1 atom stereocenters. The first-order valence-electron chi connectivity index (χ1n) is 5.28. The van der Waals surface area contributed by atoms with Crippen molar-refractivity contribution in [3.8, 4) is 5.75 Å². The maximum absolute atomic E-state index is 13.4. The first kappa shape index (κ1) is 15.0. The van der Waals surface area contributed by atoms with Crippen LogP contribution in [0, 0.1) is 11.7 Å². The molecule has 0 bridgehead atoms. The van der Waals surface area contributed by atoms with Crippen LogP contribution in [0.3, 0.4) is 0 Å². The highest BCUT2D eigenvalue weighted by molar-refractivity contribution is 7.92. The molecule has 1 rings (SSSR count). The fourth-order valence-electron chi connectivity index (χ4n) is 1.34. The Hall–Kier alpha value is -1.01. The van der Waals surface area contributed by atoms with E-state index in [-0.39, 0.29) is 23.2 Å². The minimum Gasteiger partial charge on any atom is -0.497 e. The lowest BCUT2D eigenvalue weighted by atomic mass is 10.3. The molecule has 0 saturated heterocycles. The van der Waals surface area contributed by atoms with Crippen molar-refractivity contribution >= 4 is 27.3 Å². The molecule has 0 amide bonds. The molecule has 0 radical (unpaired) electrons. The van der Waals surface area contributed by atoms with Crippen LogP contribution < -0.4 is 9.46 Å². The Balaban J connectivity index is 2.89. The second-order valence-electron chi connectivity index (χ2n) is 3.99. The van der Waals surface area contributed by atoms with E-state index >= 15 is 0 Å². The molecular formula is C11H15ClFNO3S. The fraction of sp³-hybridized carbons (Fsp3) is 0.455. The zero-order valence-electron chi connectivity index (χ0n) is 10.1. The topological polar surface area (TPSA) is 55.4 Å². The summed E-state index contributed by atoms with van der Waals surface area (Å²) in [6.45, 7) is 1.70. The summed E-state index contributed by atoms with van der Waals surface area (Å²) in [6, 6.07) is 3.84. The van der Waals surface area contributed by atoms with E-state index in [0.717, 1.165) is 6.07 Å². The molecule has 0 saturated carbocycles. The maximum Gasteiger partial charge on any atom is 0.233 e. The Morgan fingerprint density at radius 1 is 1.50 bits per heavy atom. The number of hydrogen-bond acceptors (Lipinski definition) is 3. The first-order valence-corrected chi connectivity index (χ1v) is 7.46. The number of benzene rings is 1. The lowest BCUT2D eigenvalue weighted by molar-refractivity contribution is 0.414. The molecule has 18 heavy (non-hydrogen) atoms. The van der Waals surface area contributed by atoms with Gasteiger partial charge in [-0.25, -0.2) is 12.8 Å². The zero-order chi connectivity index (χ0) is 13.8. The van der Waals surface area contributed by atoms with Crippen molar-refractivity contribution < 1.29 is 17.5 Å². The standard InChI is InChI=1S/C11H15ClFNO3S/c1-8(6-12)7-18(15,16)14-11-5-9(17-2)3-4-10(11)13/h3-5,8,14H,6-7H2,1-2H3. The fourth-order valence-corrected chi connectivity index (χ4v) is 3.02. The van der Waals surface area contributed by atoms with E-state index in [2.05, 4.69) is 4.72 Å². The van der Waals surface area contributed by atoms with Crippen LogP contribution in [0.5, 0.6) is 5.75 Å². The van der Waals surface area contributed by atoms with E-state index in [4.69, 9.17) is 16.3 Å². The molecule has 0 spiro atoms. The van der Waals surface area contributed by atoms with Crippen LogP contribution in [0.4, 0.5) is 10.1 Å². The highest BCUT2D eigenvalue weighted by atomic mass is 35.5. The number of ether oxygens (including phenoxy) is 1. The normalized spacial score (nSPS) is 13.1. The van der Waals surface area contributed by atoms with Gasteiger partial charge in [-0.1, -0.05) is 6.92 Å². The van der Waals surface area contributed by atoms with Gasteiger partial charge in [0, 0.05) is 11.9 Å².